The Bertz CT molecular complexity index is 808. The van der Waals surface area contributed by atoms with E-state index in [1.54, 1.807) is 36.1 Å². The zero-order chi connectivity index (χ0) is 20.1. The van der Waals surface area contributed by atoms with Crippen LogP contribution >= 0.6 is 35.6 Å². The second-order valence-corrected chi connectivity index (χ2v) is 8.29. The molecule has 2 saturated heterocycles. The Morgan fingerprint density at radius 2 is 2.32 bits per heavy atom. The van der Waals surface area contributed by atoms with Crippen LogP contribution in [0.2, 0.25) is 5.02 Å². The number of hydrogen-bond acceptors (Lipinski definition) is 7. The lowest BCUT2D eigenvalue weighted by Gasteiger charge is -2.18. The molecule has 0 radical (unpaired) electrons. The molecule has 0 bridgehead atoms. The van der Waals surface area contributed by atoms with Gasteiger partial charge in [-0.15, -0.1) is 0 Å². The van der Waals surface area contributed by atoms with Crippen LogP contribution in [-0.4, -0.2) is 53.6 Å². The largest absolute Gasteiger partial charge is 0.480 e. The molecule has 28 heavy (non-hydrogen) atoms. The van der Waals surface area contributed by atoms with Crippen molar-refractivity contribution in [1.82, 2.24) is 4.90 Å². The predicted molar refractivity (Wildman–Crippen MR) is 112 cm³/mol. The molecule has 0 spiro atoms. The van der Waals surface area contributed by atoms with Gasteiger partial charge in [0.2, 0.25) is 0 Å². The average Bonchev–Trinajstić information content (AvgIpc) is 3.26. The van der Waals surface area contributed by atoms with Crippen molar-refractivity contribution in [2.24, 2.45) is 0 Å². The summed E-state index contributed by atoms with van der Waals surface area (Å²) in [6.45, 7) is 3.03. The summed E-state index contributed by atoms with van der Waals surface area (Å²) >= 11 is 12.9. The summed E-state index contributed by atoms with van der Waals surface area (Å²) in [5.74, 6) is -0.209. The van der Waals surface area contributed by atoms with Gasteiger partial charge in [0, 0.05) is 6.61 Å². The molecule has 0 unspecified atom stereocenters. The Labute approximate surface area is 178 Å². The van der Waals surface area contributed by atoms with Gasteiger partial charge in [-0.2, -0.15) is 0 Å². The van der Waals surface area contributed by atoms with Gasteiger partial charge in [0.05, 0.1) is 29.2 Å². The topological polar surface area (TPSA) is 65.1 Å². The van der Waals surface area contributed by atoms with Gasteiger partial charge >= 0.3 is 5.97 Å². The average molecular weight is 442 g/mol. The second kappa shape index (κ2) is 9.73. The van der Waals surface area contributed by atoms with E-state index in [2.05, 4.69) is 0 Å². The highest BCUT2D eigenvalue weighted by Crippen LogP contribution is 2.34. The van der Waals surface area contributed by atoms with Crippen LogP contribution in [0.3, 0.4) is 0 Å². The number of nitrogens with zero attached hydrogens (tertiary/aromatic N) is 1. The van der Waals surface area contributed by atoms with Crippen LogP contribution in [0.5, 0.6) is 5.75 Å². The quantitative estimate of drug-likeness (QED) is 0.363. The van der Waals surface area contributed by atoms with Crippen molar-refractivity contribution in [2.75, 3.05) is 26.4 Å². The van der Waals surface area contributed by atoms with Crippen molar-refractivity contribution in [3.8, 4) is 5.75 Å². The van der Waals surface area contributed by atoms with Crippen molar-refractivity contribution in [2.45, 2.75) is 25.9 Å². The molecule has 0 aromatic heterocycles. The molecule has 2 fully saturated rings. The van der Waals surface area contributed by atoms with Crippen molar-refractivity contribution >= 4 is 57.9 Å². The number of halogens is 1. The van der Waals surface area contributed by atoms with Gasteiger partial charge in [-0.25, -0.2) is 4.79 Å². The molecular weight excluding hydrogens is 422 g/mol. The zero-order valence-corrected chi connectivity index (χ0v) is 17.7. The van der Waals surface area contributed by atoms with Gasteiger partial charge in [-0.3, -0.25) is 9.69 Å². The van der Waals surface area contributed by atoms with Crippen LogP contribution in [-0.2, 0) is 19.1 Å². The predicted octanol–water partition coefficient (Wildman–Crippen LogP) is 3.66. The summed E-state index contributed by atoms with van der Waals surface area (Å²) in [4.78, 5) is 26.2. The second-order valence-electron chi connectivity index (χ2n) is 6.21. The molecule has 0 N–H and O–H groups in total. The van der Waals surface area contributed by atoms with E-state index in [1.807, 2.05) is 0 Å². The number of ether oxygens (including phenoxy) is 3. The Balaban J connectivity index is 1.65. The van der Waals surface area contributed by atoms with Gasteiger partial charge in [0.15, 0.2) is 6.61 Å². The number of rotatable bonds is 7. The Morgan fingerprint density at radius 1 is 1.50 bits per heavy atom. The van der Waals surface area contributed by atoms with E-state index in [4.69, 9.17) is 38.0 Å². The molecule has 0 aliphatic carbocycles. The highest BCUT2D eigenvalue weighted by Gasteiger charge is 2.34. The van der Waals surface area contributed by atoms with Crippen molar-refractivity contribution in [3.05, 3.63) is 33.7 Å². The number of hydrogen-bond donors (Lipinski definition) is 0. The first-order chi connectivity index (χ1) is 13.5. The van der Waals surface area contributed by atoms with Crippen LogP contribution in [0, 0.1) is 0 Å². The number of carbonyl (C=O) groups is 2. The maximum Gasteiger partial charge on any atom is 0.344 e. The molecule has 0 saturated carbocycles. The highest BCUT2D eigenvalue weighted by molar-refractivity contribution is 8.26. The number of benzene rings is 1. The third-order valence-electron chi connectivity index (χ3n) is 4.19. The van der Waals surface area contributed by atoms with E-state index in [-0.39, 0.29) is 18.6 Å². The standard InChI is InChI=1S/C19H20ClNO5S2/c1-2-24-17(22)11-26-15-6-5-12(8-14(15)20)9-16-18(23)21(19(27)28-16)10-13-4-3-7-25-13/h5-6,8-9,13H,2-4,7,10-11H2,1H3/b16-9-/t13-/m1/s1. The Kier molecular flexibility index (Phi) is 7.34. The SMILES string of the molecule is CCOC(=O)COc1ccc(/C=C2\SC(=S)N(C[C@H]3CCCO3)C2=O)cc1Cl. The number of carbonyl (C=O) groups excluding carboxylic acids is 2. The van der Waals surface area contributed by atoms with E-state index >= 15 is 0 Å². The van der Waals surface area contributed by atoms with E-state index in [0.717, 1.165) is 25.0 Å². The summed E-state index contributed by atoms with van der Waals surface area (Å²) in [6, 6.07) is 5.09. The number of amides is 1. The van der Waals surface area contributed by atoms with Gasteiger partial charge in [0.25, 0.3) is 5.91 Å². The fourth-order valence-corrected chi connectivity index (χ4v) is 4.38. The maximum absolute atomic E-state index is 12.7. The van der Waals surface area contributed by atoms with Crippen LogP contribution < -0.4 is 4.74 Å². The van der Waals surface area contributed by atoms with Gasteiger partial charge in [0.1, 0.15) is 10.1 Å². The van der Waals surface area contributed by atoms with E-state index in [9.17, 15) is 9.59 Å². The normalized spacial score (nSPS) is 20.9. The van der Waals surface area contributed by atoms with Crippen LogP contribution in [0.25, 0.3) is 6.08 Å². The maximum atomic E-state index is 12.7. The van der Waals surface area contributed by atoms with Gasteiger partial charge in [-0.05, 0) is 43.5 Å². The number of thiocarbonyl (C=S) groups is 1. The van der Waals surface area contributed by atoms with Crippen LogP contribution in [0.15, 0.2) is 23.1 Å². The Morgan fingerprint density at radius 3 is 3.00 bits per heavy atom. The third kappa shape index (κ3) is 5.26. The fraction of sp³-hybridized carbons (Fsp3) is 0.421. The lowest BCUT2D eigenvalue weighted by molar-refractivity contribution is -0.145. The van der Waals surface area contributed by atoms with Crippen molar-refractivity contribution in [3.63, 3.8) is 0 Å². The molecule has 3 rings (SSSR count). The number of thioether (sulfide) groups is 1. The smallest absolute Gasteiger partial charge is 0.344 e. The van der Waals surface area contributed by atoms with Crippen LogP contribution in [0.4, 0.5) is 0 Å². The highest BCUT2D eigenvalue weighted by atomic mass is 35.5. The molecule has 1 aromatic rings. The Hall–Kier alpha value is -1.61. The summed E-state index contributed by atoms with van der Waals surface area (Å²) in [5.41, 5.74) is 0.742. The zero-order valence-electron chi connectivity index (χ0n) is 15.3. The molecule has 2 aliphatic rings. The van der Waals surface area contributed by atoms with E-state index < -0.39 is 5.97 Å². The number of esters is 1. The first kappa shape index (κ1) is 21.1. The van der Waals surface area contributed by atoms with Gasteiger partial charge < -0.3 is 14.2 Å². The minimum Gasteiger partial charge on any atom is -0.480 e. The molecule has 1 atom stereocenters. The molecule has 2 heterocycles. The van der Waals surface area contributed by atoms with Crippen LogP contribution in [0.1, 0.15) is 25.3 Å². The minimum atomic E-state index is -0.461. The molecule has 1 aromatic carbocycles. The summed E-state index contributed by atoms with van der Waals surface area (Å²) in [5, 5.41) is 0.341. The molecule has 2 aliphatic heterocycles. The minimum absolute atomic E-state index is 0.0483. The first-order valence-electron chi connectivity index (χ1n) is 8.93. The lowest BCUT2D eigenvalue weighted by atomic mass is 10.2. The molecule has 1 amide bonds. The van der Waals surface area contributed by atoms with E-state index in [0.29, 0.717) is 33.1 Å². The summed E-state index contributed by atoms with van der Waals surface area (Å²) in [7, 11) is 0. The summed E-state index contributed by atoms with van der Waals surface area (Å²) in [6.07, 6.45) is 3.75. The first-order valence-corrected chi connectivity index (χ1v) is 10.5. The third-order valence-corrected chi connectivity index (χ3v) is 5.86. The molecule has 6 nitrogen and oxygen atoms in total. The lowest BCUT2D eigenvalue weighted by Crippen LogP contribution is -2.35. The fourth-order valence-electron chi connectivity index (χ4n) is 2.86. The van der Waals surface area contributed by atoms with E-state index in [1.165, 1.54) is 11.8 Å². The monoisotopic (exact) mass is 441 g/mol. The molecule has 150 valence electrons. The van der Waals surface area contributed by atoms with Crippen molar-refractivity contribution in [1.29, 1.82) is 0 Å². The molecular formula is C19H20ClNO5S2. The van der Waals surface area contributed by atoms with Crippen molar-refractivity contribution < 1.29 is 23.8 Å². The van der Waals surface area contributed by atoms with Gasteiger partial charge in [-0.1, -0.05) is 41.6 Å². The molecule has 9 heteroatoms. The summed E-state index contributed by atoms with van der Waals surface area (Å²) < 4.78 is 16.3.